The standard InChI is InChI=1S/C11H23NO2S2/c1-2-3-4-5-6-10(16)9(8-15)7-14-11(12)13/h9-10,15-16H,2-8H2,1H3,(H2,12,13). The Morgan fingerprint density at radius 2 is 2.06 bits per heavy atom. The van der Waals surface area contributed by atoms with E-state index in [1.165, 1.54) is 25.7 Å². The molecular weight excluding hydrogens is 242 g/mol. The quantitative estimate of drug-likeness (QED) is 0.443. The summed E-state index contributed by atoms with van der Waals surface area (Å²) < 4.78 is 4.78. The Bertz CT molecular complexity index is 191. The van der Waals surface area contributed by atoms with Crippen LogP contribution in [0.25, 0.3) is 0 Å². The van der Waals surface area contributed by atoms with Crippen LogP contribution < -0.4 is 5.73 Å². The Labute approximate surface area is 109 Å². The van der Waals surface area contributed by atoms with E-state index in [4.69, 9.17) is 10.5 Å². The lowest BCUT2D eigenvalue weighted by Crippen LogP contribution is -2.26. The average molecular weight is 265 g/mol. The number of thiol groups is 2. The fourth-order valence-corrected chi connectivity index (χ4v) is 2.39. The van der Waals surface area contributed by atoms with Crippen LogP contribution in [0.2, 0.25) is 0 Å². The summed E-state index contributed by atoms with van der Waals surface area (Å²) in [5.41, 5.74) is 4.92. The number of unbranched alkanes of at least 4 members (excludes halogenated alkanes) is 3. The van der Waals surface area contributed by atoms with Gasteiger partial charge in [-0.05, 0) is 12.2 Å². The summed E-state index contributed by atoms with van der Waals surface area (Å²) in [4.78, 5) is 10.5. The van der Waals surface area contributed by atoms with Gasteiger partial charge in [0.25, 0.3) is 0 Å². The van der Waals surface area contributed by atoms with Crippen LogP contribution in [0, 0.1) is 5.92 Å². The van der Waals surface area contributed by atoms with Gasteiger partial charge in [0.2, 0.25) is 0 Å². The molecule has 16 heavy (non-hydrogen) atoms. The first-order valence-corrected chi connectivity index (χ1v) is 6.97. The van der Waals surface area contributed by atoms with E-state index in [1.807, 2.05) is 0 Å². The maximum Gasteiger partial charge on any atom is 0.404 e. The maximum absolute atomic E-state index is 10.5. The first-order valence-electron chi connectivity index (χ1n) is 5.83. The molecule has 2 N–H and O–H groups in total. The van der Waals surface area contributed by atoms with Crippen molar-refractivity contribution in [2.75, 3.05) is 12.4 Å². The van der Waals surface area contributed by atoms with Gasteiger partial charge in [-0.15, -0.1) is 0 Å². The summed E-state index contributed by atoms with van der Waals surface area (Å²) in [5, 5.41) is 0.230. The van der Waals surface area contributed by atoms with Crippen molar-refractivity contribution in [1.82, 2.24) is 0 Å². The van der Waals surface area contributed by atoms with Crippen LogP contribution in [-0.2, 0) is 4.74 Å². The number of hydrogen-bond acceptors (Lipinski definition) is 4. The number of carbonyl (C=O) groups excluding carboxylic acids is 1. The molecule has 0 radical (unpaired) electrons. The van der Waals surface area contributed by atoms with Crippen molar-refractivity contribution in [1.29, 1.82) is 0 Å². The molecule has 3 nitrogen and oxygen atoms in total. The molecule has 0 fully saturated rings. The third-order valence-corrected chi connectivity index (χ3v) is 3.72. The van der Waals surface area contributed by atoms with Crippen molar-refractivity contribution < 1.29 is 9.53 Å². The van der Waals surface area contributed by atoms with Gasteiger partial charge in [0.05, 0.1) is 6.61 Å². The predicted octanol–water partition coefficient (Wildman–Crippen LogP) is 2.90. The Hall–Kier alpha value is -0.0300. The summed E-state index contributed by atoms with van der Waals surface area (Å²) in [6.07, 6.45) is 5.23. The first kappa shape index (κ1) is 16.0. The smallest absolute Gasteiger partial charge is 0.404 e. The highest BCUT2D eigenvalue weighted by atomic mass is 32.1. The summed E-state index contributed by atoms with van der Waals surface area (Å²) in [6.45, 7) is 2.51. The van der Waals surface area contributed by atoms with E-state index in [0.717, 1.165) is 6.42 Å². The van der Waals surface area contributed by atoms with Crippen molar-refractivity contribution in [3.05, 3.63) is 0 Å². The molecule has 0 saturated carbocycles. The number of hydrogen-bond donors (Lipinski definition) is 3. The van der Waals surface area contributed by atoms with Gasteiger partial charge in [-0.25, -0.2) is 4.79 Å². The van der Waals surface area contributed by atoms with Crippen LogP contribution >= 0.6 is 25.3 Å². The minimum Gasteiger partial charge on any atom is -0.449 e. The number of nitrogens with two attached hydrogens (primary N) is 1. The average Bonchev–Trinajstić information content (AvgIpc) is 2.25. The molecule has 0 aromatic heterocycles. The van der Waals surface area contributed by atoms with E-state index in [9.17, 15) is 4.79 Å². The highest BCUT2D eigenvalue weighted by Gasteiger charge is 2.17. The normalized spacial score (nSPS) is 14.4. The number of amides is 1. The van der Waals surface area contributed by atoms with Crippen LogP contribution in [0.5, 0.6) is 0 Å². The largest absolute Gasteiger partial charge is 0.449 e. The number of ether oxygens (including phenoxy) is 1. The summed E-state index contributed by atoms with van der Waals surface area (Å²) in [5.74, 6) is 0.843. The molecule has 96 valence electrons. The molecule has 0 rings (SSSR count). The van der Waals surface area contributed by atoms with Crippen molar-refractivity contribution >= 4 is 31.4 Å². The fourth-order valence-electron chi connectivity index (χ4n) is 1.49. The zero-order valence-corrected chi connectivity index (χ0v) is 11.7. The first-order chi connectivity index (χ1) is 7.61. The third kappa shape index (κ3) is 8.16. The Morgan fingerprint density at radius 1 is 1.38 bits per heavy atom. The second-order valence-corrected chi connectivity index (χ2v) is 5.02. The Kier molecular flexibility index (Phi) is 10.1. The van der Waals surface area contributed by atoms with E-state index in [0.29, 0.717) is 12.4 Å². The lowest BCUT2D eigenvalue weighted by Gasteiger charge is -2.20. The van der Waals surface area contributed by atoms with Gasteiger partial charge in [-0.2, -0.15) is 25.3 Å². The highest BCUT2D eigenvalue weighted by Crippen LogP contribution is 2.19. The topological polar surface area (TPSA) is 52.3 Å². The van der Waals surface area contributed by atoms with Gasteiger partial charge >= 0.3 is 6.09 Å². The van der Waals surface area contributed by atoms with E-state index >= 15 is 0 Å². The maximum atomic E-state index is 10.5. The summed E-state index contributed by atoms with van der Waals surface area (Å²) >= 11 is 8.77. The Morgan fingerprint density at radius 3 is 2.56 bits per heavy atom. The predicted molar refractivity (Wildman–Crippen MR) is 74.4 cm³/mol. The molecule has 0 saturated heterocycles. The summed E-state index contributed by atoms with van der Waals surface area (Å²) in [7, 11) is 0. The molecule has 0 aliphatic rings. The molecule has 0 aliphatic carbocycles. The number of carbonyl (C=O) groups is 1. The van der Waals surface area contributed by atoms with Crippen LogP contribution in [0.3, 0.4) is 0 Å². The molecule has 2 atom stereocenters. The number of primary amides is 1. The van der Waals surface area contributed by atoms with Crippen molar-refractivity contribution in [2.45, 2.75) is 44.3 Å². The van der Waals surface area contributed by atoms with Gasteiger partial charge in [0.1, 0.15) is 0 Å². The van der Waals surface area contributed by atoms with Crippen LogP contribution in [0.4, 0.5) is 4.79 Å². The van der Waals surface area contributed by atoms with Crippen molar-refractivity contribution in [3.63, 3.8) is 0 Å². The van der Waals surface area contributed by atoms with Crippen LogP contribution in [-0.4, -0.2) is 23.7 Å². The second kappa shape index (κ2) is 10.1. The molecule has 0 aromatic rings. The minimum absolute atomic E-state index is 0.181. The molecule has 1 amide bonds. The molecule has 5 heteroatoms. The van der Waals surface area contributed by atoms with E-state index in [-0.39, 0.29) is 11.2 Å². The molecule has 0 spiro atoms. The minimum atomic E-state index is -0.724. The van der Waals surface area contributed by atoms with Gasteiger partial charge in [0.15, 0.2) is 0 Å². The fraction of sp³-hybridized carbons (Fsp3) is 0.909. The van der Waals surface area contributed by atoms with Gasteiger partial charge in [0, 0.05) is 11.2 Å². The second-order valence-electron chi connectivity index (χ2n) is 3.99. The highest BCUT2D eigenvalue weighted by molar-refractivity contribution is 7.81. The zero-order chi connectivity index (χ0) is 12.4. The number of rotatable bonds is 9. The zero-order valence-electron chi connectivity index (χ0n) is 9.89. The lowest BCUT2D eigenvalue weighted by atomic mass is 10.0. The molecule has 0 aliphatic heterocycles. The molecule has 2 unspecified atom stereocenters. The monoisotopic (exact) mass is 265 g/mol. The third-order valence-electron chi connectivity index (χ3n) is 2.57. The van der Waals surface area contributed by atoms with Crippen molar-refractivity contribution in [3.8, 4) is 0 Å². The molecule has 0 bridgehead atoms. The lowest BCUT2D eigenvalue weighted by molar-refractivity contribution is 0.139. The van der Waals surface area contributed by atoms with Crippen LogP contribution in [0.1, 0.15) is 39.0 Å². The Balaban J connectivity index is 3.72. The molecule has 0 heterocycles. The SMILES string of the molecule is CCCCCCC(S)C(CS)COC(N)=O. The van der Waals surface area contributed by atoms with Gasteiger partial charge in [-0.1, -0.05) is 32.6 Å². The van der Waals surface area contributed by atoms with Gasteiger partial charge in [-0.3, -0.25) is 0 Å². The molecule has 0 aromatic carbocycles. The van der Waals surface area contributed by atoms with E-state index in [2.05, 4.69) is 32.2 Å². The summed E-state index contributed by atoms with van der Waals surface area (Å²) in [6, 6.07) is 0. The van der Waals surface area contributed by atoms with E-state index < -0.39 is 6.09 Å². The van der Waals surface area contributed by atoms with Gasteiger partial charge < -0.3 is 10.5 Å². The van der Waals surface area contributed by atoms with E-state index in [1.54, 1.807) is 0 Å². The van der Waals surface area contributed by atoms with Crippen LogP contribution in [0.15, 0.2) is 0 Å². The molecular formula is C11H23NO2S2. The van der Waals surface area contributed by atoms with Crippen molar-refractivity contribution in [2.24, 2.45) is 11.7 Å².